The van der Waals surface area contributed by atoms with Crippen LogP contribution in [-0.4, -0.2) is 4.98 Å². The second kappa shape index (κ2) is 6.45. The minimum Gasteiger partial charge on any atom is -0.256 e. The number of hydrogen-bond donors (Lipinski definition) is 0. The van der Waals surface area contributed by atoms with Crippen molar-refractivity contribution in [1.82, 2.24) is 4.98 Å². The van der Waals surface area contributed by atoms with E-state index in [0.717, 1.165) is 11.9 Å². The molecule has 0 radical (unpaired) electrons. The average molecular weight is 356 g/mol. The highest BCUT2D eigenvalue weighted by molar-refractivity contribution is 6.10. The highest BCUT2D eigenvalue weighted by Crippen LogP contribution is 2.33. The molecule has 0 amide bonds. The van der Waals surface area contributed by atoms with Crippen molar-refractivity contribution in [2.45, 2.75) is 34.1 Å². The lowest BCUT2D eigenvalue weighted by atomic mass is 9.88. The Kier molecular flexibility index (Phi) is 4.22. The zero-order valence-electron chi connectivity index (χ0n) is 16.9. The van der Waals surface area contributed by atoms with Crippen LogP contribution in [0.3, 0.4) is 0 Å². The van der Waals surface area contributed by atoms with Gasteiger partial charge in [0.1, 0.15) is 7.05 Å². The van der Waals surface area contributed by atoms with E-state index in [4.69, 9.17) is 4.98 Å². The van der Waals surface area contributed by atoms with Gasteiger partial charge in [0.25, 0.3) is 0 Å². The second-order valence-electron chi connectivity index (χ2n) is 8.76. The number of aromatic nitrogens is 2. The lowest BCUT2D eigenvalue weighted by Crippen LogP contribution is -2.32. The number of benzene rings is 2. The van der Waals surface area contributed by atoms with Crippen LogP contribution in [0.4, 0.5) is 0 Å². The van der Waals surface area contributed by atoms with Crippen LogP contribution < -0.4 is 4.57 Å². The molecule has 4 rings (SSSR count). The fraction of sp³-hybridized carbons (Fsp3) is 0.280. The first-order chi connectivity index (χ1) is 12.8. The number of para-hydroxylation sites is 1. The predicted octanol–water partition coefficient (Wildman–Crippen LogP) is 5.78. The second-order valence-corrected chi connectivity index (χ2v) is 8.76. The normalized spacial score (nSPS) is 12.0. The Labute approximate surface area is 161 Å². The molecule has 4 aromatic rings. The molecule has 0 saturated heterocycles. The zero-order valence-corrected chi connectivity index (χ0v) is 16.9. The Balaban J connectivity index is 1.93. The first-order valence-corrected chi connectivity index (χ1v) is 9.59. The topological polar surface area (TPSA) is 16.8 Å². The van der Waals surface area contributed by atoms with Gasteiger partial charge in [0.05, 0.1) is 11.1 Å². The third-order valence-corrected chi connectivity index (χ3v) is 5.17. The number of aryl methyl sites for hydroxylation is 2. The van der Waals surface area contributed by atoms with E-state index < -0.39 is 0 Å². The van der Waals surface area contributed by atoms with E-state index in [-0.39, 0.29) is 5.41 Å². The average Bonchev–Trinajstić information content (AvgIpc) is 2.61. The monoisotopic (exact) mass is 355 g/mol. The first kappa shape index (κ1) is 17.7. The largest absolute Gasteiger partial charge is 0.256 e. The van der Waals surface area contributed by atoms with Gasteiger partial charge in [-0.2, -0.15) is 0 Å². The summed E-state index contributed by atoms with van der Waals surface area (Å²) in [5.41, 5.74) is 6.48. The van der Waals surface area contributed by atoms with E-state index in [0.29, 0.717) is 0 Å². The summed E-state index contributed by atoms with van der Waals surface area (Å²) in [6.45, 7) is 9.04. The molecule has 0 bridgehead atoms. The van der Waals surface area contributed by atoms with Crippen LogP contribution in [0.15, 0.2) is 60.9 Å². The van der Waals surface area contributed by atoms with Crippen molar-refractivity contribution in [3.63, 3.8) is 0 Å². The van der Waals surface area contributed by atoms with Crippen molar-refractivity contribution in [2.24, 2.45) is 12.5 Å². The summed E-state index contributed by atoms with van der Waals surface area (Å²) in [7, 11) is 2.15. The van der Waals surface area contributed by atoms with E-state index in [1.165, 1.54) is 38.5 Å². The molecule has 2 aromatic carbocycles. The third-order valence-electron chi connectivity index (χ3n) is 5.17. The van der Waals surface area contributed by atoms with Gasteiger partial charge < -0.3 is 0 Å². The molecule has 2 heterocycles. The predicted molar refractivity (Wildman–Crippen MR) is 114 cm³/mol. The van der Waals surface area contributed by atoms with E-state index >= 15 is 0 Å². The highest BCUT2D eigenvalue weighted by atomic mass is 14.9. The first-order valence-electron chi connectivity index (χ1n) is 9.59. The molecule has 0 saturated carbocycles. The molecule has 0 aliphatic rings. The van der Waals surface area contributed by atoms with E-state index in [9.17, 15) is 0 Å². The lowest BCUT2D eigenvalue weighted by Gasteiger charge is -2.17. The quantitative estimate of drug-likeness (QED) is 0.329. The summed E-state index contributed by atoms with van der Waals surface area (Å²) >= 11 is 0. The summed E-state index contributed by atoms with van der Waals surface area (Å²) in [6, 6.07) is 17.4. The molecule has 2 nitrogen and oxygen atoms in total. The van der Waals surface area contributed by atoms with Gasteiger partial charge in [-0.15, -0.1) is 0 Å². The zero-order chi connectivity index (χ0) is 19.2. The Morgan fingerprint density at radius 2 is 1.67 bits per heavy atom. The van der Waals surface area contributed by atoms with Gasteiger partial charge in [-0.25, -0.2) is 4.57 Å². The molecule has 136 valence electrons. The third kappa shape index (κ3) is 3.32. The van der Waals surface area contributed by atoms with Crippen LogP contribution in [-0.2, 0) is 13.5 Å². The maximum Gasteiger partial charge on any atom is 0.213 e. The fourth-order valence-electron chi connectivity index (χ4n) is 4.03. The molecular weight excluding hydrogens is 328 g/mol. The van der Waals surface area contributed by atoms with E-state index in [1.54, 1.807) is 0 Å². The summed E-state index contributed by atoms with van der Waals surface area (Å²) in [6.07, 6.45) is 5.37. The summed E-state index contributed by atoms with van der Waals surface area (Å²) in [5.74, 6) is 0. The molecule has 0 spiro atoms. The van der Waals surface area contributed by atoms with Crippen molar-refractivity contribution in [1.29, 1.82) is 0 Å². The molecule has 0 fully saturated rings. The molecule has 2 aromatic heterocycles. The molecule has 0 unspecified atom stereocenters. The molecule has 2 heteroatoms. The molecule has 0 atom stereocenters. The standard InChI is InChI=1S/C25H27N2/c1-17-10-12-19-20-8-6-7-9-22(20)26-15-21(19)24(17)23-13-11-18(16-27(23)5)14-25(2,3)4/h6-13,15-16H,14H2,1-5H3/q+1. The minimum absolute atomic E-state index is 0.284. The minimum atomic E-state index is 0.284. The Morgan fingerprint density at radius 3 is 2.41 bits per heavy atom. The Bertz CT molecular complexity index is 1150. The van der Waals surface area contributed by atoms with Crippen molar-refractivity contribution in [3.05, 3.63) is 72.1 Å². The number of fused-ring (bicyclic) bond motifs is 3. The van der Waals surface area contributed by atoms with Crippen LogP contribution in [0.2, 0.25) is 0 Å². The number of rotatable bonds is 2. The van der Waals surface area contributed by atoms with Crippen LogP contribution in [0.5, 0.6) is 0 Å². The van der Waals surface area contributed by atoms with Crippen LogP contribution in [0.25, 0.3) is 32.9 Å². The van der Waals surface area contributed by atoms with Gasteiger partial charge in [-0.1, -0.05) is 51.1 Å². The fourth-order valence-corrected chi connectivity index (χ4v) is 4.03. The molecule has 0 aliphatic heterocycles. The van der Waals surface area contributed by atoms with Gasteiger partial charge in [-0.3, -0.25) is 4.98 Å². The SMILES string of the molecule is Cc1ccc2c(cnc3ccccc32)c1-c1ccc(CC(C)(C)C)c[n+]1C. The maximum absolute atomic E-state index is 4.72. The van der Waals surface area contributed by atoms with Gasteiger partial charge in [0.2, 0.25) is 5.69 Å². The smallest absolute Gasteiger partial charge is 0.213 e. The van der Waals surface area contributed by atoms with Gasteiger partial charge in [0, 0.05) is 28.6 Å². The van der Waals surface area contributed by atoms with Crippen LogP contribution in [0, 0.1) is 12.3 Å². The summed E-state index contributed by atoms with van der Waals surface area (Å²) in [4.78, 5) is 4.72. The molecule has 0 aliphatic carbocycles. The molecule has 27 heavy (non-hydrogen) atoms. The van der Waals surface area contributed by atoms with Gasteiger partial charge in [-0.05, 0) is 41.8 Å². The maximum atomic E-state index is 4.72. The Morgan fingerprint density at radius 1 is 0.889 bits per heavy atom. The van der Waals surface area contributed by atoms with E-state index in [2.05, 4.69) is 88.0 Å². The van der Waals surface area contributed by atoms with Crippen molar-refractivity contribution in [2.75, 3.05) is 0 Å². The number of pyridine rings is 2. The van der Waals surface area contributed by atoms with E-state index in [1.807, 2.05) is 12.3 Å². The van der Waals surface area contributed by atoms with Crippen molar-refractivity contribution < 1.29 is 4.57 Å². The van der Waals surface area contributed by atoms with Gasteiger partial charge >= 0.3 is 0 Å². The van der Waals surface area contributed by atoms with Crippen molar-refractivity contribution >= 4 is 21.7 Å². The van der Waals surface area contributed by atoms with Crippen molar-refractivity contribution in [3.8, 4) is 11.3 Å². The highest BCUT2D eigenvalue weighted by Gasteiger charge is 2.19. The Hall–Kier alpha value is -2.74. The molecule has 0 N–H and O–H groups in total. The summed E-state index contributed by atoms with van der Waals surface area (Å²) in [5, 5.41) is 3.69. The summed E-state index contributed by atoms with van der Waals surface area (Å²) < 4.78 is 2.26. The van der Waals surface area contributed by atoms with Gasteiger partial charge in [0.15, 0.2) is 6.20 Å². The molecular formula is C25H27N2+. The lowest BCUT2D eigenvalue weighted by molar-refractivity contribution is -0.660. The van der Waals surface area contributed by atoms with Crippen LogP contribution >= 0.6 is 0 Å². The number of nitrogens with zero attached hydrogens (tertiary/aromatic N) is 2. The number of hydrogen-bond acceptors (Lipinski definition) is 1. The van der Waals surface area contributed by atoms with Crippen LogP contribution in [0.1, 0.15) is 31.9 Å².